The Labute approximate surface area is 82.6 Å². The van der Waals surface area contributed by atoms with Gasteiger partial charge in [-0.3, -0.25) is 0 Å². The van der Waals surface area contributed by atoms with Gasteiger partial charge in [-0.1, -0.05) is 15.9 Å². The van der Waals surface area contributed by atoms with Gasteiger partial charge in [0.15, 0.2) is 11.4 Å². The molecule has 2 rings (SSSR count). The average molecular weight is 244 g/mol. The minimum atomic E-state index is -0.371. The lowest BCUT2D eigenvalue weighted by atomic mass is 10.2. The first-order valence-electron chi connectivity index (χ1n) is 3.78. The molecule has 0 aliphatic rings. The van der Waals surface area contributed by atoms with E-state index in [0.717, 1.165) is 5.39 Å². The SMILES string of the molecule is NCc1cc2cc(Br)cc(F)c2o1. The average Bonchev–Trinajstić information content (AvgIpc) is 2.47. The van der Waals surface area contributed by atoms with Gasteiger partial charge in [0.25, 0.3) is 0 Å². The maximum atomic E-state index is 13.2. The molecule has 0 unspecified atom stereocenters. The largest absolute Gasteiger partial charge is 0.457 e. The summed E-state index contributed by atoms with van der Waals surface area (Å²) < 4.78 is 19.1. The Bertz CT molecular complexity index is 452. The summed E-state index contributed by atoms with van der Waals surface area (Å²) in [6, 6.07) is 4.90. The quantitative estimate of drug-likeness (QED) is 0.837. The summed E-state index contributed by atoms with van der Waals surface area (Å²) in [6.45, 7) is 0.283. The highest BCUT2D eigenvalue weighted by Gasteiger charge is 2.08. The lowest BCUT2D eigenvalue weighted by molar-refractivity contribution is 0.521. The number of furan rings is 1. The molecule has 0 saturated carbocycles. The number of hydrogen-bond acceptors (Lipinski definition) is 2. The third-order valence-corrected chi connectivity index (χ3v) is 2.25. The van der Waals surface area contributed by atoms with Crippen LogP contribution in [0.4, 0.5) is 4.39 Å². The van der Waals surface area contributed by atoms with Crippen LogP contribution in [0.5, 0.6) is 0 Å². The van der Waals surface area contributed by atoms with Crippen molar-refractivity contribution in [3.63, 3.8) is 0 Å². The topological polar surface area (TPSA) is 39.2 Å². The highest BCUT2D eigenvalue weighted by atomic mass is 79.9. The van der Waals surface area contributed by atoms with E-state index < -0.39 is 0 Å². The van der Waals surface area contributed by atoms with E-state index in [2.05, 4.69) is 15.9 Å². The third-order valence-electron chi connectivity index (χ3n) is 1.79. The molecule has 0 aliphatic heterocycles. The van der Waals surface area contributed by atoms with Crippen LogP contribution < -0.4 is 5.73 Å². The van der Waals surface area contributed by atoms with Crippen molar-refractivity contribution in [2.24, 2.45) is 5.73 Å². The molecule has 1 heterocycles. The molecule has 13 heavy (non-hydrogen) atoms. The molecule has 1 aromatic carbocycles. The highest BCUT2D eigenvalue weighted by molar-refractivity contribution is 9.10. The van der Waals surface area contributed by atoms with Gasteiger partial charge in [0.1, 0.15) is 5.76 Å². The molecule has 4 heteroatoms. The van der Waals surface area contributed by atoms with Crippen LogP contribution in [0, 0.1) is 5.82 Å². The first-order chi connectivity index (χ1) is 6.20. The lowest BCUT2D eigenvalue weighted by Crippen LogP contribution is -1.92. The molecule has 0 aliphatic carbocycles. The molecule has 0 saturated heterocycles. The number of fused-ring (bicyclic) bond motifs is 1. The van der Waals surface area contributed by atoms with Gasteiger partial charge in [0.2, 0.25) is 0 Å². The summed E-state index contributed by atoms with van der Waals surface area (Å²) in [5.74, 6) is 0.219. The molecule has 0 bridgehead atoms. The summed E-state index contributed by atoms with van der Waals surface area (Å²) >= 11 is 3.20. The van der Waals surface area contributed by atoms with E-state index in [1.54, 1.807) is 12.1 Å². The zero-order valence-electron chi connectivity index (χ0n) is 6.68. The molecule has 0 spiro atoms. The van der Waals surface area contributed by atoms with Crippen molar-refractivity contribution in [1.82, 2.24) is 0 Å². The van der Waals surface area contributed by atoms with Crippen molar-refractivity contribution in [1.29, 1.82) is 0 Å². The summed E-state index contributed by atoms with van der Waals surface area (Å²) in [6.07, 6.45) is 0. The Balaban J connectivity index is 2.75. The molecule has 0 amide bonds. The monoisotopic (exact) mass is 243 g/mol. The number of rotatable bonds is 1. The van der Waals surface area contributed by atoms with E-state index in [-0.39, 0.29) is 17.9 Å². The van der Waals surface area contributed by atoms with Gasteiger partial charge in [0.05, 0.1) is 6.54 Å². The van der Waals surface area contributed by atoms with Crippen molar-refractivity contribution in [2.45, 2.75) is 6.54 Å². The molecule has 0 radical (unpaired) electrons. The van der Waals surface area contributed by atoms with Crippen LogP contribution in [-0.2, 0) is 6.54 Å². The van der Waals surface area contributed by atoms with Crippen LogP contribution in [-0.4, -0.2) is 0 Å². The minimum absolute atomic E-state index is 0.267. The van der Waals surface area contributed by atoms with Crippen LogP contribution in [0.3, 0.4) is 0 Å². The van der Waals surface area contributed by atoms with Crippen molar-refractivity contribution in [2.75, 3.05) is 0 Å². The number of hydrogen-bond donors (Lipinski definition) is 1. The molecule has 0 atom stereocenters. The van der Waals surface area contributed by atoms with E-state index in [4.69, 9.17) is 10.2 Å². The van der Waals surface area contributed by atoms with Crippen LogP contribution in [0.1, 0.15) is 5.76 Å². The van der Waals surface area contributed by atoms with Crippen LogP contribution in [0.15, 0.2) is 27.1 Å². The zero-order valence-corrected chi connectivity index (χ0v) is 8.27. The molecule has 68 valence electrons. The predicted molar refractivity (Wildman–Crippen MR) is 51.8 cm³/mol. The normalized spacial score (nSPS) is 11.0. The Hall–Kier alpha value is -0.870. The third kappa shape index (κ3) is 1.47. The van der Waals surface area contributed by atoms with Crippen LogP contribution in [0.25, 0.3) is 11.0 Å². The predicted octanol–water partition coefficient (Wildman–Crippen LogP) is 2.79. The number of halogens is 2. The van der Waals surface area contributed by atoms with Crippen LogP contribution >= 0.6 is 15.9 Å². The fourth-order valence-corrected chi connectivity index (χ4v) is 1.68. The smallest absolute Gasteiger partial charge is 0.170 e. The van der Waals surface area contributed by atoms with Crippen molar-refractivity contribution in [3.8, 4) is 0 Å². The molecule has 1 aromatic heterocycles. The van der Waals surface area contributed by atoms with E-state index in [9.17, 15) is 4.39 Å². The van der Waals surface area contributed by atoms with E-state index in [1.165, 1.54) is 6.07 Å². The summed E-state index contributed by atoms with van der Waals surface area (Å²) in [7, 11) is 0. The van der Waals surface area contributed by atoms with Crippen LogP contribution in [0.2, 0.25) is 0 Å². The van der Waals surface area contributed by atoms with Gasteiger partial charge in [-0.05, 0) is 18.2 Å². The fourth-order valence-electron chi connectivity index (χ4n) is 1.23. The Kier molecular flexibility index (Phi) is 2.09. The lowest BCUT2D eigenvalue weighted by Gasteiger charge is -1.92. The maximum Gasteiger partial charge on any atom is 0.170 e. The minimum Gasteiger partial charge on any atom is -0.457 e. The van der Waals surface area contributed by atoms with Gasteiger partial charge in [0, 0.05) is 9.86 Å². The van der Waals surface area contributed by atoms with E-state index >= 15 is 0 Å². The summed E-state index contributed by atoms with van der Waals surface area (Å²) in [5.41, 5.74) is 5.64. The van der Waals surface area contributed by atoms with E-state index in [1.807, 2.05) is 0 Å². The number of benzene rings is 1. The molecule has 2 N–H and O–H groups in total. The Morgan fingerprint density at radius 2 is 2.15 bits per heavy atom. The zero-order chi connectivity index (χ0) is 9.42. The standard InChI is InChI=1S/C9H7BrFNO/c10-6-1-5-2-7(4-12)13-9(5)8(11)3-6/h1-3H,4,12H2. The molecular weight excluding hydrogens is 237 g/mol. The van der Waals surface area contributed by atoms with Crippen molar-refractivity contribution in [3.05, 3.63) is 34.2 Å². The fraction of sp³-hybridized carbons (Fsp3) is 0.111. The van der Waals surface area contributed by atoms with Crippen molar-refractivity contribution < 1.29 is 8.81 Å². The molecular formula is C9H7BrFNO. The Morgan fingerprint density at radius 1 is 1.38 bits per heavy atom. The summed E-state index contributed by atoms with van der Waals surface area (Å²) in [5, 5.41) is 0.729. The van der Waals surface area contributed by atoms with Gasteiger partial charge < -0.3 is 10.2 Å². The summed E-state index contributed by atoms with van der Waals surface area (Å²) in [4.78, 5) is 0. The molecule has 2 nitrogen and oxygen atoms in total. The van der Waals surface area contributed by atoms with E-state index in [0.29, 0.717) is 10.2 Å². The second-order valence-corrected chi connectivity index (χ2v) is 3.64. The first kappa shape index (κ1) is 8.72. The first-order valence-corrected chi connectivity index (χ1v) is 4.57. The van der Waals surface area contributed by atoms with Gasteiger partial charge >= 0.3 is 0 Å². The molecule has 2 aromatic rings. The highest BCUT2D eigenvalue weighted by Crippen LogP contribution is 2.26. The second kappa shape index (κ2) is 3.12. The maximum absolute atomic E-state index is 13.2. The number of nitrogens with two attached hydrogens (primary N) is 1. The Morgan fingerprint density at radius 3 is 2.85 bits per heavy atom. The second-order valence-electron chi connectivity index (χ2n) is 2.72. The van der Waals surface area contributed by atoms with Crippen molar-refractivity contribution >= 4 is 26.9 Å². The van der Waals surface area contributed by atoms with Gasteiger partial charge in [-0.25, -0.2) is 4.39 Å². The van der Waals surface area contributed by atoms with Gasteiger partial charge in [-0.15, -0.1) is 0 Å². The molecule has 0 fully saturated rings. The van der Waals surface area contributed by atoms with Gasteiger partial charge in [-0.2, -0.15) is 0 Å².